The van der Waals surface area contributed by atoms with Crippen LogP contribution in [0, 0.1) is 13.8 Å². The zero-order valence-corrected chi connectivity index (χ0v) is 18.6. The van der Waals surface area contributed by atoms with E-state index in [0.29, 0.717) is 12.5 Å². The molecule has 25 heavy (non-hydrogen) atoms. The topological polar surface area (TPSA) is 83.3 Å². The SMILES string of the molecule is CCCNC(=O)CN=C(NCC)NC(C)Cc1c(C)nn(C)c1C.I. The fourth-order valence-electron chi connectivity index (χ4n) is 2.49. The molecule has 1 aromatic rings. The van der Waals surface area contributed by atoms with Crippen molar-refractivity contribution in [3.05, 3.63) is 17.0 Å². The van der Waals surface area contributed by atoms with Crippen LogP contribution in [0.1, 0.15) is 44.1 Å². The molecule has 1 amide bonds. The third-order valence-electron chi connectivity index (χ3n) is 3.85. The molecule has 0 aliphatic heterocycles. The van der Waals surface area contributed by atoms with Crippen LogP contribution in [-0.2, 0) is 18.3 Å². The first-order valence-corrected chi connectivity index (χ1v) is 8.69. The Kier molecular flexibility index (Phi) is 11.5. The quantitative estimate of drug-likeness (QED) is 0.311. The minimum atomic E-state index is -0.0549. The summed E-state index contributed by atoms with van der Waals surface area (Å²) < 4.78 is 1.91. The van der Waals surface area contributed by atoms with Crippen molar-refractivity contribution in [2.24, 2.45) is 12.0 Å². The zero-order chi connectivity index (χ0) is 18.1. The van der Waals surface area contributed by atoms with Crippen molar-refractivity contribution in [2.45, 2.75) is 53.5 Å². The maximum Gasteiger partial charge on any atom is 0.241 e. The second-order valence-corrected chi connectivity index (χ2v) is 6.07. The van der Waals surface area contributed by atoms with Crippen molar-refractivity contribution >= 4 is 35.8 Å². The molecule has 0 bridgehead atoms. The predicted octanol–water partition coefficient (Wildman–Crippen LogP) is 1.67. The van der Waals surface area contributed by atoms with Gasteiger partial charge in [0.15, 0.2) is 5.96 Å². The summed E-state index contributed by atoms with van der Waals surface area (Å²) in [7, 11) is 1.96. The molecule has 0 spiro atoms. The van der Waals surface area contributed by atoms with Crippen LogP contribution >= 0.6 is 24.0 Å². The van der Waals surface area contributed by atoms with Crippen LogP contribution in [0.25, 0.3) is 0 Å². The van der Waals surface area contributed by atoms with Gasteiger partial charge in [0.25, 0.3) is 0 Å². The van der Waals surface area contributed by atoms with Gasteiger partial charge in [0, 0.05) is 31.9 Å². The van der Waals surface area contributed by atoms with E-state index < -0.39 is 0 Å². The molecule has 3 N–H and O–H groups in total. The number of aryl methyl sites for hydroxylation is 2. The Morgan fingerprint density at radius 3 is 2.48 bits per heavy atom. The lowest BCUT2D eigenvalue weighted by Crippen LogP contribution is -2.43. The second-order valence-electron chi connectivity index (χ2n) is 6.07. The minimum absolute atomic E-state index is 0. The zero-order valence-electron chi connectivity index (χ0n) is 16.3. The minimum Gasteiger partial charge on any atom is -0.357 e. The van der Waals surface area contributed by atoms with Crippen molar-refractivity contribution in [1.29, 1.82) is 0 Å². The maximum absolute atomic E-state index is 11.7. The summed E-state index contributed by atoms with van der Waals surface area (Å²) in [6, 6.07) is 0.183. The van der Waals surface area contributed by atoms with Gasteiger partial charge in [-0.2, -0.15) is 5.10 Å². The molecule has 7 nitrogen and oxygen atoms in total. The first kappa shape index (κ1) is 23.7. The highest BCUT2D eigenvalue weighted by Crippen LogP contribution is 2.14. The Balaban J connectivity index is 0.00000576. The van der Waals surface area contributed by atoms with E-state index in [2.05, 4.69) is 39.9 Å². The molecular weight excluding hydrogens is 431 g/mol. The Hall–Kier alpha value is -1.32. The van der Waals surface area contributed by atoms with E-state index in [0.717, 1.165) is 25.1 Å². The van der Waals surface area contributed by atoms with Crippen LogP contribution < -0.4 is 16.0 Å². The number of aliphatic imine (C=N–C) groups is 1. The highest BCUT2D eigenvalue weighted by molar-refractivity contribution is 14.0. The van der Waals surface area contributed by atoms with Crippen LogP contribution in [0.2, 0.25) is 0 Å². The fraction of sp³-hybridized carbons (Fsp3) is 0.706. The van der Waals surface area contributed by atoms with Gasteiger partial charge in [-0.15, -0.1) is 24.0 Å². The summed E-state index contributed by atoms with van der Waals surface area (Å²) in [6.07, 6.45) is 1.78. The molecule has 0 saturated heterocycles. The molecule has 0 fully saturated rings. The lowest BCUT2D eigenvalue weighted by Gasteiger charge is -2.18. The number of nitrogens with one attached hydrogen (secondary N) is 3. The number of halogens is 1. The first-order valence-electron chi connectivity index (χ1n) is 8.69. The fourth-order valence-corrected chi connectivity index (χ4v) is 2.49. The molecule has 1 rings (SSSR count). The van der Waals surface area contributed by atoms with E-state index in [9.17, 15) is 4.79 Å². The number of rotatable bonds is 8. The summed E-state index contributed by atoms with van der Waals surface area (Å²) in [5.41, 5.74) is 3.50. The Morgan fingerprint density at radius 1 is 1.28 bits per heavy atom. The van der Waals surface area contributed by atoms with E-state index in [-0.39, 0.29) is 42.5 Å². The molecular formula is C17H33IN6O. The Bertz CT molecular complexity index is 570. The van der Waals surface area contributed by atoms with Crippen LogP contribution in [0.3, 0.4) is 0 Å². The van der Waals surface area contributed by atoms with Gasteiger partial charge < -0.3 is 16.0 Å². The monoisotopic (exact) mass is 464 g/mol. The molecule has 0 aromatic carbocycles. The molecule has 8 heteroatoms. The lowest BCUT2D eigenvalue weighted by atomic mass is 10.1. The second kappa shape index (κ2) is 12.1. The number of hydrogen-bond acceptors (Lipinski definition) is 3. The van der Waals surface area contributed by atoms with Crippen LogP contribution in [-0.4, -0.2) is 47.3 Å². The molecule has 1 aromatic heterocycles. The van der Waals surface area contributed by atoms with Gasteiger partial charge in [-0.3, -0.25) is 9.48 Å². The normalized spacial score (nSPS) is 12.3. The summed E-state index contributed by atoms with van der Waals surface area (Å²) in [6.45, 7) is 11.8. The molecule has 0 aliphatic rings. The van der Waals surface area contributed by atoms with E-state index in [1.54, 1.807) is 0 Å². The van der Waals surface area contributed by atoms with Crippen molar-refractivity contribution in [2.75, 3.05) is 19.6 Å². The lowest BCUT2D eigenvalue weighted by molar-refractivity contribution is -0.119. The van der Waals surface area contributed by atoms with Crippen molar-refractivity contribution in [3.63, 3.8) is 0 Å². The van der Waals surface area contributed by atoms with Gasteiger partial charge in [0.1, 0.15) is 6.54 Å². The van der Waals surface area contributed by atoms with E-state index >= 15 is 0 Å². The number of aromatic nitrogens is 2. The van der Waals surface area contributed by atoms with Crippen molar-refractivity contribution in [1.82, 2.24) is 25.7 Å². The molecule has 144 valence electrons. The number of nitrogens with zero attached hydrogens (tertiary/aromatic N) is 3. The standard InChI is InChI=1S/C17H32N6O.HI/c1-7-9-19-16(24)11-20-17(18-8-2)21-12(3)10-15-13(4)22-23(6)14(15)5;/h12H,7-11H2,1-6H3,(H,19,24)(H2,18,20,21);1H. The number of carbonyl (C=O) groups is 1. The number of carbonyl (C=O) groups excluding carboxylic acids is 1. The maximum atomic E-state index is 11.7. The summed E-state index contributed by atoms with van der Waals surface area (Å²) in [5, 5.41) is 13.8. The predicted molar refractivity (Wildman–Crippen MR) is 114 cm³/mol. The van der Waals surface area contributed by atoms with Gasteiger partial charge in [0.05, 0.1) is 5.69 Å². The number of hydrogen-bond donors (Lipinski definition) is 3. The average molecular weight is 464 g/mol. The van der Waals surface area contributed by atoms with Crippen molar-refractivity contribution < 1.29 is 4.79 Å². The molecule has 1 atom stereocenters. The van der Waals surface area contributed by atoms with E-state index in [1.165, 1.54) is 11.3 Å². The highest BCUT2D eigenvalue weighted by Gasteiger charge is 2.14. The number of amides is 1. The summed E-state index contributed by atoms with van der Waals surface area (Å²) >= 11 is 0. The Morgan fingerprint density at radius 2 is 1.96 bits per heavy atom. The molecule has 0 aliphatic carbocycles. The van der Waals surface area contributed by atoms with Gasteiger partial charge in [-0.05, 0) is 46.1 Å². The Labute approximate surface area is 168 Å². The third-order valence-corrected chi connectivity index (χ3v) is 3.85. The van der Waals surface area contributed by atoms with Crippen LogP contribution in [0.15, 0.2) is 4.99 Å². The number of guanidine groups is 1. The molecule has 1 unspecified atom stereocenters. The van der Waals surface area contributed by atoms with E-state index in [4.69, 9.17) is 0 Å². The van der Waals surface area contributed by atoms with E-state index in [1.807, 2.05) is 32.5 Å². The van der Waals surface area contributed by atoms with Crippen LogP contribution in [0.4, 0.5) is 0 Å². The molecule has 0 radical (unpaired) electrons. The molecule has 0 saturated carbocycles. The van der Waals surface area contributed by atoms with Gasteiger partial charge >= 0.3 is 0 Å². The van der Waals surface area contributed by atoms with Gasteiger partial charge in [0.2, 0.25) is 5.91 Å². The largest absolute Gasteiger partial charge is 0.357 e. The highest BCUT2D eigenvalue weighted by atomic mass is 127. The third kappa shape index (κ3) is 8.06. The summed E-state index contributed by atoms with van der Waals surface area (Å²) in [5.74, 6) is 0.608. The smallest absolute Gasteiger partial charge is 0.241 e. The first-order chi connectivity index (χ1) is 11.4. The average Bonchev–Trinajstić information content (AvgIpc) is 2.77. The van der Waals surface area contributed by atoms with Crippen molar-refractivity contribution in [3.8, 4) is 0 Å². The van der Waals surface area contributed by atoms with Gasteiger partial charge in [-0.1, -0.05) is 6.92 Å². The molecule has 1 heterocycles. The summed E-state index contributed by atoms with van der Waals surface area (Å²) in [4.78, 5) is 16.1. The van der Waals surface area contributed by atoms with Crippen LogP contribution in [0.5, 0.6) is 0 Å². The van der Waals surface area contributed by atoms with Gasteiger partial charge in [-0.25, -0.2) is 4.99 Å².